The van der Waals surface area contributed by atoms with Crippen molar-refractivity contribution in [3.05, 3.63) is 30.1 Å². The highest BCUT2D eigenvalue weighted by molar-refractivity contribution is 5.77. The molecule has 5 nitrogen and oxygen atoms in total. The van der Waals surface area contributed by atoms with Gasteiger partial charge < -0.3 is 4.90 Å². The number of aromatic nitrogens is 3. The van der Waals surface area contributed by atoms with Crippen LogP contribution in [0.4, 0.5) is 0 Å². The van der Waals surface area contributed by atoms with Crippen LogP contribution in [0.5, 0.6) is 0 Å². The second-order valence-corrected chi connectivity index (χ2v) is 7.78. The topological polar surface area (TPSA) is 50.5 Å². The van der Waals surface area contributed by atoms with Crippen LogP contribution in [0.1, 0.15) is 64.0 Å². The number of hydrogen-bond donors (Lipinski definition) is 0. The maximum Gasteiger partial charge on any atom is 0.223 e. The summed E-state index contributed by atoms with van der Waals surface area (Å²) in [6.45, 7) is 9.17. The summed E-state index contributed by atoms with van der Waals surface area (Å²) in [5.74, 6) is 1.18. The van der Waals surface area contributed by atoms with E-state index in [-0.39, 0.29) is 17.4 Å². The molecule has 1 atom stereocenters. The van der Waals surface area contributed by atoms with E-state index < -0.39 is 0 Å². The van der Waals surface area contributed by atoms with Gasteiger partial charge in [0.1, 0.15) is 12.2 Å². The van der Waals surface area contributed by atoms with Crippen molar-refractivity contribution in [1.82, 2.24) is 19.3 Å². The summed E-state index contributed by atoms with van der Waals surface area (Å²) in [5.41, 5.74) is 2.02. The number of nitrogens with zero attached hydrogens (tertiary/aromatic N) is 4. The highest BCUT2D eigenvalue weighted by atomic mass is 16.2. The summed E-state index contributed by atoms with van der Waals surface area (Å²) in [6, 6.07) is 2.08. The Morgan fingerprint density at radius 2 is 2.13 bits per heavy atom. The van der Waals surface area contributed by atoms with Crippen LogP contribution in [0.2, 0.25) is 0 Å². The van der Waals surface area contributed by atoms with Crippen LogP contribution >= 0.6 is 0 Å². The number of aryl methyl sites for hydroxylation is 1. The largest absolute Gasteiger partial charge is 0.332 e. The molecule has 0 spiro atoms. The maximum atomic E-state index is 12.8. The molecule has 2 aromatic rings. The smallest absolute Gasteiger partial charge is 0.223 e. The standard InChI is InChI=1S/C18H26N4O/c1-13-9-14-11-19-12-22(14)17(20-13)15-7-5-6-8-21(15)16(23)10-18(2,3)4/h9,11-12,15H,5-8,10H2,1-4H3. The number of carbonyl (C=O) groups is 1. The Labute approximate surface area is 137 Å². The van der Waals surface area contributed by atoms with Gasteiger partial charge in [-0.15, -0.1) is 0 Å². The molecule has 3 heterocycles. The number of fused-ring (bicyclic) bond motifs is 1. The van der Waals surface area contributed by atoms with Crippen LogP contribution in [0.3, 0.4) is 0 Å². The molecule has 0 saturated carbocycles. The Morgan fingerprint density at radius 3 is 2.87 bits per heavy atom. The van der Waals surface area contributed by atoms with E-state index in [4.69, 9.17) is 4.98 Å². The lowest BCUT2D eigenvalue weighted by Gasteiger charge is -2.37. The van der Waals surface area contributed by atoms with Crippen molar-refractivity contribution in [2.75, 3.05) is 6.54 Å². The van der Waals surface area contributed by atoms with Gasteiger partial charge in [0.05, 0.1) is 17.8 Å². The van der Waals surface area contributed by atoms with E-state index in [1.54, 1.807) is 6.33 Å². The molecule has 124 valence electrons. The summed E-state index contributed by atoms with van der Waals surface area (Å²) in [7, 11) is 0. The molecule has 1 aliphatic rings. The number of piperidine rings is 1. The van der Waals surface area contributed by atoms with Crippen molar-refractivity contribution < 1.29 is 4.79 Å². The predicted molar refractivity (Wildman–Crippen MR) is 90.1 cm³/mol. The van der Waals surface area contributed by atoms with Gasteiger partial charge in [0.2, 0.25) is 5.91 Å². The molecule has 5 heteroatoms. The van der Waals surface area contributed by atoms with E-state index in [0.717, 1.165) is 42.8 Å². The molecule has 0 radical (unpaired) electrons. The molecule has 0 N–H and O–H groups in total. The van der Waals surface area contributed by atoms with Crippen molar-refractivity contribution in [2.24, 2.45) is 5.41 Å². The molecule has 1 fully saturated rings. The molecule has 2 aromatic heterocycles. The number of carbonyl (C=O) groups excluding carboxylic acids is 1. The second-order valence-electron chi connectivity index (χ2n) is 7.78. The zero-order valence-electron chi connectivity index (χ0n) is 14.5. The molecule has 0 bridgehead atoms. The van der Waals surface area contributed by atoms with Crippen molar-refractivity contribution in [1.29, 1.82) is 0 Å². The van der Waals surface area contributed by atoms with Crippen LogP contribution < -0.4 is 0 Å². The Hall–Kier alpha value is -1.91. The summed E-state index contributed by atoms with van der Waals surface area (Å²) >= 11 is 0. The van der Waals surface area contributed by atoms with Crippen LogP contribution in [0, 0.1) is 12.3 Å². The van der Waals surface area contributed by atoms with Crippen LogP contribution in [0.25, 0.3) is 5.52 Å². The zero-order chi connectivity index (χ0) is 16.6. The normalized spacial score (nSPS) is 19.3. The van der Waals surface area contributed by atoms with Gasteiger partial charge in [-0.05, 0) is 37.7 Å². The van der Waals surface area contributed by atoms with Crippen molar-refractivity contribution in [3.63, 3.8) is 0 Å². The fourth-order valence-corrected chi connectivity index (χ4v) is 3.37. The van der Waals surface area contributed by atoms with Crippen LogP contribution in [-0.4, -0.2) is 31.7 Å². The molecule has 1 unspecified atom stereocenters. The minimum absolute atomic E-state index is 0.00341. The van der Waals surface area contributed by atoms with Crippen molar-refractivity contribution in [2.45, 2.75) is 59.4 Å². The Morgan fingerprint density at radius 1 is 1.35 bits per heavy atom. The average molecular weight is 314 g/mol. The Kier molecular flexibility index (Phi) is 4.13. The zero-order valence-corrected chi connectivity index (χ0v) is 14.5. The van der Waals surface area contributed by atoms with E-state index >= 15 is 0 Å². The first-order valence-electron chi connectivity index (χ1n) is 8.44. The minimum atomic E-state index is 0.00341. The SMILES string of the molecule is Cc1cc2cncn2c(C2CCCCN2C(=O)CC(C)(C)C)n1. The Balaban J connectivity index is 1.97. The van der Waals surface area contributed by atoms with Gasteiger partial charge >= 0.3 is 0 Å². The first-order chi connectivity index (χ1) is 10.8. The van der Waals surface area contributed by atoms with Crippen molar-refractivity contribution >= 4 is 11.4 Å². The highest BCUT2D eigenvalue weighted by Gasteiger charge is 2.32. The quantitative estimate of drug-likeness (QED) is 0.852. The van der Waals surface area contributed by atoms with Gasteiger partial charge in [-0.25, -0.2) is 9.97 Å². The maximum absolute atomic E-state index is 12.8. The fourth-order valence-electron chi connectivity index (χ4n) is 3.37. The summed E-state index contributed by atoms with van der Waals surface area (Å²) < 4.78 is 2.03. The minimum Gasteiger partial charge on any atom is -0.332 e. The van der Waals surface area contributed by atoms with E-state index in [9.17, 15) is 4.79 Å². The fraction of sp³-hybridized carbons (Fsp3) is 0.611. The van der Waals surface area contributed by atoms with Crippen molar-refractivity contribution in [3.8, 4) is 0 Å². The molecule has 1 saturated heterocycles. The molecule has 0 aromatic carbocycles. The molecule has 3 rings (SSSR count). The van der Waals surface area contributed by atoms with E-state index in [1.807, 2.05) is 28.5 Å². The monoisotopic (exact) mass is 314 g/mol. The average Bonchev–Trinajstić information content (AvgIpc) is 2.92. The number of likely N-dealkylation sites (tertiary alicyclic amines) is 1. The lowest BCUT2D eigenvalue weighted by atomic mass is 9.90. The molecule has 1 aliphatic heterocycles. The second kappa shape index (κ2) is 5.95. The first kappa shape index (κ1) is 16.0. The van der Waals surface area contributed by atoms with Gasteiger partial charge in [0, 0.05) is 18.7 Å². The van der Waals surface area contributed by atoms with Gasteiger partial charge in [-0.3, -0.25) is 9.20 Å². The Bertz CT molecular complexity index is 713. The van der Waals surface area contributed by atoms with E-state index in [0.29, 0.717) is 6.42 Å². The highest BCUT2D eigenvalue weighted by Crippen LogP contribution is 2.32. The summed E-state index contributed by atoms with van der Waals surface area (Å²) in [4.78, 5) is 23.9. The predicted octanol–water partition coefficient (Wildman–Crippen LogP) is 3.53. The number of hydrogen-bond acceptors (Lipinski definition) is 3. The van der Waals surface area contributed by atoms with Gasteiger partial charge in [0.25, 0.3) is 0 Å². The lowest BCUT2D eigenvalue weighted by molar-refractivity contribution is -0.137. The van der Waals surface area contributed by atoms with Gasteiger partial charge in [-0.2, -0.15) is 0 Å². The van der Waals surface area contributed by atoms with E-state index in [1.165, 1.54) is 0 Å². The third-order valence-corrected chi connectivity index (χ3v) is 4.36. The number of imidazole rings is 1. The third kappa shape index (κ3) is 3.38. The third-order valence-electron chi connectivity index (χ3n) is 4.36. The van der Waals surface area contributed by atoms with Crippen LogP contribution in [0.15, 0.2) is 18.6 Å². The number of amides is 1. The molecular formula is C18H26N4O. The molecule has 0 aliphatic carbocycles. The molecular weight excluding hydrogens is 288 g/mol. The van der Waals surface area contributed by atoms with Gasteiger partial charge in [-0.1, -0.05) is 20.8 Å². The molecule has 23 heavy (non-hydrogen) atoms. The van der Waals surface area contributed by atoms with Gasteiger partial charge in [0.15, 0.2) is 0 Å². The van der Waals surface area contributed by atoms with E-state index in [2.05, 4.69) is 25.8 Å². The first-order valence-corrected chi connectivity index (χ1v) is 8.44. The van der Waals surface area contributed by atoms with Crippen LogP contribution in [-0.2, 0) is 4.79 Å². The summed E-state index contributed by atoms with van der Waals surface area (Å²) in [6.07, 6.45) is 7.41. The summed E-state index contributed by atoms with van der Waals surface area (Å²) in [5, 5.41) is 0. The number of rotatable bonds is 2. The lowest BCUT2D eigenvalue weighted by Crippen LogP contribution is -2.41. The molecule has 1 amide bonds.